The third-order valence-corrected chi connectivity index (χ3v) is 5.26. The van der Waals surface area contributed by atoms with Crippen molar-refractivity contribution in [2.45, 2.75) is 37.6 Å². The maximum absolute atomic E-state index is 4.83. The minimum absolute atomic E-state index is 0.221. The Hall–Kier alpha value is -1.41. The third kappa shape index (κ3) is 1.86. The van der Waals surface area contributed by atoms with Crippen LogP contribution in [0.2, 0.25) is 0 Å². The second-order valence-electron chi connectivity index (χ2n) is 5.71. The zero-order valence-corrected chi connectivity index (χ0v) is 11.7. The lowest BCUT2D eigenvalue weighted by Crippen LogP contribution is -2.32. The van der Waals surface area contributed by atoms with Crippen LogP contribution in [0.3, 0.4) is 0 Å². The Kier molecular flexibility index (Phi) is 2.59. The van der Waals surface area contributed by atoms with E-state index < -0.39 is 0 Å². The van der Waals surface area contributed by atoms with Gasteiger partial charge in [-0.3, -0.25) is 4.99 Å². The van der Waals surface area contributed by atoms with Crippen molar-refractivity contribution in [1.29, 1.82) is 0 Å². The molecule has 1 spiro atoms. The van der Waals surface area contributed by atoms with Crippen LogP contribution in [-0.2, 0) is 12.8 Å². The Morgan fingerprint density at radius 2 is 2.16 bits per heavy atom. The number of nitrogens with zero attached hydrogens (tertiary/aromatic N) is 1. The molecule has 1 aromatic carbocycles. The number of thiophene rings is 1. The van der Waals surface area contributed by atoms with Crippen molar-refractivity contribution >= 4 is 17.6 Å². The summed E-state index contributed by atoms with van der Waals surface area (Å²) in [6.07, 6.45) is 8.08. The van der Waals surface area contributed by atoms with Gasteiger partial charge in [-0.2, -0.15) is 11.3 Å². The molecule has 1 aliphatic heterocycles. The Bertz CT molecular complexity index is 627. The molecule has 2 aromatic rings. The van der Waals surface area contributed by atoms with Gasteiger partial charge in [-0.1, -0.05) is 18.2 Å². The van der Waals surface area contributed by atoms with E-state index in [-0.39, 0.29) is 5.54 Å². The Labute approximate surface area is 118 Å². The lowest BCUT2D eigenvalue weighted by molar-refractivity contribution is 0.375. The topological polar surface area (TPSA) is 12.4 Å². The standard InChI is InChI=1S/C17H17NS/c1-3-13-5-8-17(7-2-9-18-17)11-16(13)15(4-1)14-6-10-19-12-14/h1,3-4,6,9-10,12H,2,5,7-8,11H2. The number of hydrogen-bond donors (Lipinski definition) is 0. The summed E-state index contributed by atoms with van der Waals surface area (Å²) < 4.78 is 0. The SMILES string of the molecule is C1=NC2(CC1)CCc1cccc(-c3ccsc3)c1C2. The number of aryl methyl sites for hydroxylation is 1. The number of benzene rings is 1. The van der Waals surface area contributed by atoms with Gasteiger partial charge in [0.15, 0.2) is 0 Å². The van der Waals surface area contributed by atoms with Gasteiger partial charge in [0, 0.05) is 0 Å². The fraction of sp³-hybridized carbons (Fsp3) is 0.353. The Morgan fingerprint density at radius 3 is 2.95 bits per heavy atom. The number of hydrogen-bond acceptors (Lipinski definition) is 2. The van der Waals surface area contributed by atoms with Gasteiger partial charge in [-0.25, -0.2) is 0 Å². The molecule has 2 heteroatoms. The highest BCUT2D eigenvalue weighted by Gasteiger charge is 2.36. The number of fused-ring (bicyclic) bond motifs is 1. The summed E-state index contributed by atoms with van der Waals surface area (Å²) in [5.41, 5.74) is 6.11. The molecule has 0 N–H and O–H groups in total. The predicted octanol–water partition coefficient (Wildman–Crippen LogP) is 4.51. The van der Waals surface area contributed by atoms with Gasteiger partial charge in [0.1, 0.15) is 0 Å². The van der Waals surface area contributed by atoms with Crippen molar-refractivity contribution < 1.29 is 0 Å². The molecule has 0 fully saturated rings. The number of rotatable bonds is 1. The maximum atomic E-state index is 4.83. The van der Waals surface area contributed by atoms with E-state index in [0.717, 1.165) is 12.8 Å². The smallest absolute Gasteiger partial charge is 0.0651 e. The van der Waals surface area contributed by atoms with E-state index in [0.29, 0.717) is 0 Å². The fourth-order valence-corrected chi connectivity index (χ4v) is 4.19. The van der Waals surface area contributed by atoms with Gasteiger partial charge in [0.2, 0.25) is 0 Å². The van der Waals surface area contributed by atoms with Crippen LogP contribution in [0.1, 0.15) is 30.4 Å². The monoisotopic (exact) mass is 267 g/mol. The minimum atomic E-state index is 0.221. The molecule has 1 aromatic heterocycles. The molecule has 0 saturated carbocycles. The molecule has 2 aliphatic rings. The van der Waals surface area contributed by atoms with E-state index in [4.69, 9.17) is 4.99 Å². The van der Waals surface area contributed by atoms with Gasteiger partial charge < -0.3 is 0 Å². The summed E-state index contributed by atoms with van der Waals surface area (Å²) in [4.78, 5) is 4.83. The molecule has 19 heavy (non-hydrogen) atoms. The van der Waals surface area contributed by atoms with Gasteiger partial charge in [0.05, 0.1) is 5.54 Å². The van der Waals surface area contributed by atoms with Crippen LogP contribution >= 0.6 is 11.3 Å². The van der Waals surface area contributed by atoms with Gasteiger partial charge in [0.25, 0.3) is 0 Å². The van der Waals surface area contributed by atoms with E-state index in [9.17, 15) is 0 Å². The second kappa shape index (κ2) is 4.31. The molecular formula is C17H17NS. The first kappa shape index (κ1) is 11.4. The van der Waals surface area contributed by atoms with Gasteiger partial charge >= 0.3 is 0 Å². The zero-order chi connectivity index (χ0) is 12.7. The minimum Gasteiger partial charge on any atom is -0.291 e. The van der Waals surface area contributed by atoms with Crippen molar-refractivity contribution in [3.8, 4) is 11.1 Å². The molecule has 1 aliphatic carbocycles. The maximum Gasteiger partial charge on any atom is 0.0651 e. The van der Waals surface area contributed by atoms with E-state index in [1.54, 1.807) is 16.9 Å². The Morgan fingerprint density at radius 1 is 1.16 bits per heavy atom. The number of aliphatic imine (C=N–C) groups is 1. The largest absolute Gasteiger partial charge is 0.291 e. The molecule has 0 amide bonds. The van der Waals surface area contributed by atoms with E-state index in [2.05, 4.69) is 41.2 Å². The highest BCUT2D eigenvalue weighted by atomic mass is 32.1. The van der Waals surface area contributed by atoms with E-state index in [1.807, 2.05) is 0 Å². The summed E-state index contributed by atoms with van der Waals surface area (Å²) in [7, 11) is 0. The van der Waals surface area contributed by atoms with Crippen molar-refractivity contribution in [1.82, 2.24) is 0 Å². The third-order valence-electron chi connectivity index (χ3n) is 4.57. The molecule has 0 saturated heterocycles. The normalized spacial score (nSPS) is 24.8. The van der Waals surface area contributed by atoms with Crippen LogP contribution in [0.5, 0.6) is 0 Å². The van der Waals surface area contributed by atoms with Gasteiger partial charge in [-0.15, -0.1) is 0 Å². The first-order valence-corrected chi connectivity index (χ1v) is 7.98. The fourth-order valence-electron chi connectivity index (χ4n) is 3.53. The Balaban J connectivity index is 1.82. The highest BCUT2D eigenvalue weighted by Crippen LogP contribution is 2.41. The van der Waals surface area contributed by atoms with Crippen molar-refractivity contribution in [3.05, 3.63) is 46.2 Å². The summed E-state index contributed by atoms with van der Waals surface area (Å²) in [6.45, 7) is 0. The molecule has 96 valence electrons. The zero-order valence-electron chi connectivity index (χ0n) is 10.9. The van der Waals surface area contributed by atoms with Crippen LogP contribution in [0.25, 0.3) is 11.1 Å². The van der Waals surface area contributed by atoms with Gasteiger partial charge in [-0.05, 0) is 77.4 Å². The molecular weight excluding hydrogens is 250 g/mol. The van der Waals surface area contributed by atoms with Crippen LogP contribution in [-0.4, -0.2) is 11.8 Å². The predicted molar refractivity (Wildman–Crippen MR) is 82.2 cm³/mol. The van der Waals surface area contributed by atoms with Crippen molar-refractivity contribution in [3.63, 3.8) is 0 Å². The van der Waals surface area contributed by atoms with E-state index in [1.165, 1.54) is 36.0 Å². The first-order valence-electron chi connectivity index (χ1n) is 7.03. The lowest BCUT2D eigenvalue weighted by atomic mass is 9.75. The molecule has 0 bridgehead atoms. The molecule has 4 rings (SSSR count). The average Bonchev–Trinajstić information content (AvgIpc) is 3.10. The molecule has 1 nitrogen and oxygen atoms in total. The molecule has 1 unspecified atom stereocenters. The van der Waals surface area contributed by atoms with Crippen molar-refractivity contribution in [2.75, 3.05) is 0 Å². The second-order valence-corrected chi connectivity index (χ2v) is 6.49. The first-order chi connectivity index (χ1) is 9.36. The molecule has 2 heterocycles. The van der Waals surface area contributed by atoms with E-state index >= 15 is 0 Å². The van der Waals surface area contributed by atoms with Crippen molar-refractivity contribution in [2.24, 2.45) is 4.99 Å². The lowest BCUT2D eigenvalue weighted by Gasteiger charge is -2.33. The summed E-state index contributed by atoms with van der Waals surface area (Å²) in [6, 6.07) is 9.02. The highest BCUT2D eigenvalue weighted by molar-refractivity contribution is 7.08. The molecule has 0 radical (unpaired) electrons. The quantitative estimate of drug-likeness (QED) is 0.721. The summed E-state index contributed by atoms with van der Waals surface area (Å²) in [5, 5.41) is 4.43. The van der Waals surface area contributed by atoms with Crippen LogP contribution in [0.4, 0.5) is 0 Å². The van der Waals surface area contributed by atoms with Crippen LogP contribution in [0, 0.1) is 0 Å². The van der Waals surface area contributed by atoms with Crippen LogP contribution in [0.15, 0.2) is 40.0 Å². The summed E-state index contributed by atoms with van der Waals surface area (Å²) in [5.74, 6) is 0. The van der Waals surface area contributed by atoms with Crippen LogP contribution < -0.4 is 0 Å². The summed E-state index contributed by atoms with van der Waals surface area (Å²) >= 11 is 1.78. The average molecular weight is 267 g/mol. The molecule has 1 atom stereocenters.